The van der Waals surface area contributed by atoms with Gasteiger partial charge in [-0.1, -0.05) is 11.6 Å². The molecule has 1 atom stereocenters. The minimum atomic E-state index is -4.84. The average Bonchev–Trinajstić information content (AvgIpc) is 2.18. The molecule has 3 nitrogen and oxygen atoms in total. The highest BCUT2D eigenvalue weighted by atomic mass is 35.5. The normalized spacial score (nSPS) is 13.2. The number of hydrogen-bond acceptors (Lipinski definition) is 2. The van der Waals surface area contributed by atoms with Gasteiger partial charge < -0.3 is 9.84 Å². The van der Waals surface area contributed by atoms with Crippen LogP contribution in [0.25, 0.3) is 0 Å². The summed E-state index contributed by atoms with van der Waals surface area (Å²) in [5.74, 6) is -4.38. The van der Waals surface area contributed by atoms with E-state index in [-0.39, 0.29) is 5.75 Å². The summed E-state index contributed by atoms with van der Waals surface area (Å²) in [7, 11) is 0. The zero-order chi connectivity index (χ0) is 13.1. The van der Waals surface area contributed by atoms with Crippen molar-refractivity contribution in [2.24, 2.45) is 5.92 Å². The van der Waals surface area contributed by atoms with Gasteiger partial charge in [0.25, 0.3) is 0 Å². The predicted molar refractivity (Wildman–Crippen MR) is 54.1 cm³/mol. The molecule has 0 aliphatic heterocycles. The van der Waals surface area contributed by atoms with Crippen LogP contribution in [0.2, 0.25) is 5.02 Å². The molecular formula is C10H8ClF3O3. The Bertz CT molecular complexity index is 389. The molecule has 0 fully saturated rings. The summed E-state index contributed by atoms with van der Waals surface area (Å²) in [6, 6.07) is 5.58. The van der Waals surface area contributed by atoms with Crippen LogP contribution in [-0.2, 0) is 4.79 Å². The molecule has 94 valence electrons. The number of aliphatic carboxylic acids is 1. The molecule has 1 unspecified atom stereocenters. The molecule has 1 aromatic carbocycles. The van der Waals surface area contributed by atoms with E-state index in [0.29, 0.717) is 5.02 Å². The van der Waals surface area contributed by atoms with Gasteiger partial charge in [0, 0.05) is 5.02 Å². The van der Waals surface area contributed by atoms with Gasteiger partial charge >= 0.3 is 12.1 Å². The van der Waals surface area contributed by atoms with Gasteiger partial charge in [-0.2, -0.15) is 13.2 Å². The number of alkyl halides is 3. The van der Waals surface area contributed by atoms with E-state index in [9.17, 15) is 18.0 Å². The third kappa shape index (κ3) is 4.14. The lowest BCUT2D eigenvalue weighted by atomic mass is 10.1. The number of carboxylic acids is 1. The first-order valence-electron chi connectivity index (χ1n) is 4.48. The van der Waals surface area contributed by atoms with E-state index in [1.54, 1.807) is 0 Å². The molecule has 7 heteroatoms. The first-order valence-corrected chi connectivity index (χ1v) is 4.86. The summed E-state index contributed by atoms with van der Waals surface area (Å²) in [5, 5.41) is 8.82. The van der Waals surface area contributed by atoms with Crippen LogP contribution in [0.4, 0.5) is 13.2 Å². The van der Waals surface area contributed by atoms with Crippen LogP contribution in [0, 0.1) is 5.92 Å². The van der Waals surface area contributed by atoms with Crippen molar-refractivity contribution in [3.05, 3.63) is 29.3 Å². The van der Waals surface area contributed by atoms with Crippen LogP contribution in [0.1, 0.15) is 0 Å². The maximum atomic E-state index is 12.3. The smallest absolute Gasteiger partial charge is 0.405 e. The van der Waals surface area contributed by atoms with Crippen molar-refractivity contribution in [3.8, 4) is 5.75 Å². The molecule has 1 N–H and O–H groups in total. The van der Waals surface area contributed by atoms with Gasteiger partial charge in [-0.05, 0) is 24.3 Å². The summed E-state index contributed by atoms with van der Waals surface area (Å²) in [6.45, 7) is -0.972. The van der Waals surface area contributed by atoms with E-state index in [1.165, 1.54) is 24.3 Å². The molecule has 0 aliphatic carbocycles. The van der Waals surface area contributed by atoms with E-state index in [2.05, 4.69) is 0 Å². The van der Waals surface area contributed by atoms with Crippen molar-refractivity contribution in [3.63, 3.8) is 0 Å². The molecule has 0 amide bonds. The van der Waals surface area contributed by atoms with Crippen LogP contribution >= 0.6 is 11.6 Å². The summed E-state index contributed by atoms with van der Waals surface area (Å²) in [4.78, 5) is 10.4. The SMILES string of the molecule is O=C(O)C(COc1ccc(Cl)cc1)C(F)(F)F. The third-order valence-corrected chi connectivity index (χ3v) is 2.18. The zero-order valence-electron chi connectivity index (χ0n) is 8.37. The second-order valence-corrected chi connectivity index (χ2v) is 3.63. The molecule has 1 aromatic rings. The Kier molecular flexibility index (Phi) is 4.22. The molecule has 0 aromatic heterocycles. The van der Waals surface area contributed by atoms with Crippen molar-refractivity contribution in [2.75, 3.05) is 6.61 Å². The topological polar surface area (TPSA) is 46.5 Å². The van der Waals surface area contributed by atoms with E-state index >= 15 is 0 Å². The van der Waals surface area contributed by atoms with Crippen LogP contribution in [0.5, 0.6) is 5.75 Å². The largest absolute Gasteiger partial charge is 0.492 e. The van der Waals surface area contributed by atoms with Gasteiger partial charge in [-0.15, -0.1) is 0 Å². The van der Waals surface area contributed by atoms with Crippen molar-refractivity contribution in [2.45, 2.75) is 6.18 Å². The van der Waals surface area contributed by atoms with E-state index < -0.39 is 24.7 Å². The highest BCUT2D eigenvalue weighted by Gasteiger charge is 2.45. The fraction of sp³-hybridized carbons (Fsp3) is 0.300. The minimum absolute atomic E-state index is 0.130. The van der Waals surface area contributed by atoms with Crippen LogP contribution in [-0.4, -0.2) is 23.9 Å². The van der Waals surface area contributed by atoms with E-state index in [1.807, 2.05) is 0 Å². The molecule has 0 heterocycles. The Hall–Kier alpha value is -1.43. The van der Waals surface area contributed by atoms with Gasteiger partial charge in [0.2, 0.25) is 0 Å². The van der Waals surface area contributed by atoms with Gasteiger partial charge in [0.05, 0.1) is 0 Å². The Labute approximate surface area is 99.8 Å². The lowest BCUT2D eigenvalue weighted by Crippen LogP contribution is -2.35. The van der Waals surface area contributed by atoms with Gasteiger partial charge in [-0.25, -0.2) is 0 Å². The Balaban J connectivity index is 2.65. The van der Waals surface area contributed by atoms with E-state index in [4.69, 9.17) is 21.4 Å². The van der Waals surface area contributed by atoms with Crippen molar-refractivity contribution < 1.29 is 27.8 Å². The standard InChI is InChI=1S/C10H8ClF3O3/c11-6-1-3-7(4-2-6)17-5-8(9(15)16)10(12,13)14/h1-4,8H,5H2,(H,15,16). The second-order valence-electron chi connectivity index (χ2n) is 3.20. The number of carbonyl (C=O) groups is 1. The number of halogens is 4. The highest BCUT2D eigenvalue weighted by molar-refractivity contribution is 6.30. The molecule has 0 saturated carbocycles. The van der Waals surface area contributed by atoms with E-state index in [0.717, 1.165) is 0 Å². The average molecular weight is 269 g/mol. The lowest BCUT2D eigenvalue weighted by molar-refractivity contribution is -0.198. The molecule has 0 saturated heterocycles. The van der Waals surface area contributed by atoms with Gasteiger partial charge in [0.15, 0.2) is 5.92 Å². The Morgan fingerprint density at radius 2 is 1.88 bits per heavy atom. The Morgan fingerprint density at radius 1 is 1.35 bits per heavy atom. The first kappa shape index (κ1) is 13.6. The van der Waals surface area contributed by atoms with Crippen LogP contribution < -0.4 is 4.74 Å². The van der Waals surface area contributed by atoms with Gasteiger partial charge in [-0.3, -0.25) is 4.79 Å². The number of benzene rings is 1. The lowest BCUT2D eigenvalue weighted by Gasteiger charge is -2.16. The van der Waals surface area contributed by atoms with Crippen molar-refractivity contribution >= 4 is 17.6 Å². The molecule has 0 spiro atoms. The summed E-state index contributed by atoms with van der Waals surface area (Å²) in [6.07, 6.45) is -4.84. The third-order valence-electron chi connectivity index (χ3n) is 1.92. The Morgan fingerprint density at radius 3 is 2.29 bits per heavy atom. The highest BCUT2D eigenvalue weighted by Crippen LogP contribution is 2.27. The predicted octanol–water partition coefficient (Wildman–Crippen LogP) is 2.98. The van der Waals surface area contributed by atoms with Crippen molar-refractivity contribution in [1.82, 2.24) is 0 Å². The summed E-state index contributed by atoms with van der Waals surface area (Å²) < 4.78 is 41.5. The van der Waals surface area contributed by atoms with Crippen molar-refractivity contribution in [1.29, 1.82) is 0 Å². The zero-order valence-corrected chi connectivity index (χ0v) is 9.13. The number of hydrogen-bond donors (Lipinski definition) is 1. The summed E-state index contributed by atoms with van der Waals surface area (Å²) >= 11 is 5.57. The number of ether oxygens (including phenoxy) is 1. The maximum absolute atomic E-state index is 12.3. The molecule has 17 heavy (non-hydrogen) atoms. The fourth-order valence-corrected chi connectivity index (χ4v) is 1.14. The van der Waals surface area contributed by atoms with Gasteiger partial charge in [0.1, 0.15) is 12.4 Å². The van der Waals surface area contributed by atoms with Crippen LogP contribution in [0.15, 0.2) is 24.3 Å². The molecule has 1 rings (SSSR count). The number of carboxylic acid groups (broad SMARTS) is 1. The number of rotatable bonds is 4. The monoisotopic (exact) mass is 268 g/mol. The fourth-order valence-electron chi connectivity index (χ4n) is 1.02. The van der Waals surface area contributed by atoms with Crippen LogP contribution in [0.3, 0.4) is 0 Å². The molecule has 0 aliphatic rings. The summed E-state index contributed by atoms with van der Waals surface area (Å²) in [5.41, 5.74) is 0. The second kappa shape index (κ2) is 5.27. The first-order chi connectivity index (χ1) is 7.80. The minimum Gasteiger partial charge on any atom is -0.492 e. The molecule has 0 bridgehead atoms. The molecular weight excluding hydrogens is 261 g/mol. The molecule has 0 radical (unpaired) electrons. The maximum Gasteiger partial charge on any atom is 0.405 e. The quantitative estimate of drug-likeness (QED) is 0.913.